The van der Waals surface area contributed by atoms with E-state index in [9.17, 15) is 20.2 Å². The van der Waals surface area contributed by atoms with Gasteiger partial charge in [0.05, 0.1) is 11.0 Å². The van der Waals surface area contributed by atoms with Crippen molar-refractivity contribution in [3.8, 4) is 11.5 Å². The van der Waals surface area contributed by atoms with Crippen LogP contribution >= 0.6 is 0 Å². The van der Waals surface area contributed by atoms with Crippen molar-refractivity contribution in [2.75, 3.05) is 13.2 Å². The van der Waals surface area contributed by atoms with Gasteiger partial charge in [-0.05, 0) is 28.1 Å². The van der Waals surface area contributed by atoms with Crippen LogP contribution in [0.3, 0.4) is 0 Å². The Bertz CT molecular complexity index is 691. The van der Waals surface area contributed by atoms with Gasteiger partial charge in [-0.1, -0.05) is 6.07 Å². The second-order valence-corrected chi connectivity index (χ2v) is 4.03. The van der Waals surface area contributed by atoms with E-state index in [-0.39, 0.29) is 30.5 Å². The zero-order valence-electron chi connectivity index (χ0n) is 11.2. The average Bonchev–Trinajstić information content (AvgIpc) is 2.52. The maximum Gasteiger partial charge on any atom is 0.406 e. The monoisotopic (exact) mass is 305 g/mol. The highest BCUT2D eigenvalue weighted by atomic mass is 16.6. The molecule has 1 aromatic carbocycles. The molecule has 1 heterocycles. The summed E-state index contributed by atoms with van der Waals surface area (Å²) in [6.45, 7) is 0.114. The summed E-state index contributed by atoms with van der Waals surface area (Å²) in [5.74, 6) is -0.0218. The van der Waals surface area contributed by atoms with Crippen LogP contribution in [0.4, 0.5) is 11.5 Å². The van der Waals surface area contributed by atoms with Crippen LogP contribution in [0.1, 0.15) is 0 Å². The molecule has 1 aromatic heterocycles. The second-order valence-electron chi connectivity index (χ2n) is 4.03. The van der Waals surface area contributed by atoms with Crippen LogP contribution in [0.5, 0.6) is 11.5 Å². The van der Waals surface area contributed by atoms with Crippen molar-refractivity contribution >= 4 is 11.5 Å². The molecule has 9 nitrogen and oxygen atoms in total. The van der Waals surface area contributed by atoms with Crippen LogP contribution in [-0.4, -0.2) is 28.0 Å². The first-order chi connectivity index (χ1) is 10.6. The quantitative estimate of drug-likeness (QED) is 0.437. The third-order valence-electron chi connectivity index (χ3n) is 2.56. The molecule has 0 fully saturated rings. The van der Waals surface area contributed by atoms with Crippen molar-refractivity contribution in [2.24, 2.45) is 0 Å². The minimum Gasteiger partial charge on any atom is -0.490 e. The number of nitro benzene ring substituents is 1. The Kier molecular flexibility index (Phi) is 4.81. The lowest BCUT2D eigenvalue weighted by atomic mass is 10.3. The number of hydrogen-bond acceptors (Lipinski definition) is 7. The van der Waals surface area contributed by atoms with E-state index in [1.807, 2.05) is 0 Å². The number of non-ortho nitro benzene ring substituents is 1. The number of nitrogens with zero attached hydrogens (tertiary/aromatic N) is 3. The normalized spacial score (nSPS) is 10.0. The molecule has 0 aliphatic rings. The van der Waals surface area contributed by atoms with Crippen molar-refractivity contribution < 1.29 is 19.3 Å². The fourth-order valence-electron chi connectivity index (χ4n) is 1.63. The molecule has 0 saturated carbocycles. The lowest BCUT2D eigenvalue weighted by Crippen LogP contribution is -2.10. The molecule has 2 rings (SSSR count). The van der Waals surface area contributed by atoms with Crippen LogP contribution in [0.15, 0.2) is 42.6 Å². The zero-order chi connectivity index (χ0) is 15.9. The minimum atomic E-state index is -0.642. The molecule has 0 saturated heterocycles. The van der Waals surface area contributed by atoms with Crippen molar-refractivity contribution in [3.63, 3.8) is 0 Å². The summed E-state index contributed by atoms with van der Waals surface area (Å²) in [5.41, 5.74) is -0.0821. The second kappa shape index (κ2) is 6.97. The lowest BCUT2D eigenvalue weighted by molar-refractivity contribution is -0.390. The van der Waals surface area contributed by atoms with E-state index in [1.54, 1.807) is 6.07 Å². The molecule has 0 unspecified atom stereocenters. The van der Waals surface area contributed by atoms with Crippen molar-refractivity contribution in [1.29, 1.82) is 0 Å². The highest BCUT2D eigenvalue weighted by Crippen LogP contribution is 2.23. The molecule has 0 spiro atoms. The van der Waals surface area contributed by atoms with Crippen molar-refractivity contribution in [2.45, 2.75) is 0 Å². The number of hydrogen-bond donors (Lipinski definition) is 0. The first-order valence-corrected chi connectivity index (χ1v) is 6.17. The maximum absolute atomic E-state index is 10.7. The predicted molar refractivity (Wildman–Crippen MR) is 75.0 cm³/mol. The van der Waals surface area contributed by atoms with Gasteiger partial charge in [0.2, 0.25) is 5.75 Å². The molecule has 2 aromatic rings. The van der Waals surface area contributed by atoms with Gasteiger partial charge >= 0.3 is 5.82 Å². The number of pyridine rings is 1. The first-order valence-electron chi connectivity index (χ1n) is 6.17. The summed E-state index contributed by atoms with van der Waals surface area (Å²) in [5, 5.41) is 21.4. The fraction of sp³-hybridized carbons (Fsp3) is 0.154. The number of benzene rings is 1. The van der Waals surface area contributed by atoms with Crippen LogP contribution in [0.25, 0.3) is 0 Å². The molecule has 22 heavy (non-hydrogen) atoms. The van der Waals surface area contributed by atoms with Crippen LogP contribution in [-0.2, 0) is 0 Å². The predicted octanol–water partition coefficient (Wildman–Crippen LogP) is 2.36. The Morgan fingerprint density at radius 3 is 2.50 bits per heavy atom. The molecule has 0 aliphatic carbocycles. The third-order valence-corrected chi connectivity index (χ3v) is 2.56. The minimum absolute atomic E-state index is 0.0369. The third kappa shape index (κ3) is 3.88. The summed E-state index contributed by atoms with van der Waals surface area (Å²) >= 11 is 0. The van der Waals surface area contributed by atoms with E-state index < -0.39 is 9.85 Å². The van der Waals surface area contributed by atoms with E-state index >= 15 is 0 Å². The van der Waals surface area contributed by atoms with Gasteiger partial charge in [-0.15, -0.1) is 0 Å². The Balaban J connectivity index is 1.89. The molecule has 0 bridgehead atoms. The molecular formula is C13H11N3O6. The van der Waals surface area contributed by atoms with Crippen molar-refractivity contribution in [3.05, 3.63) is 62.8 Å². The molecular weight excluding hydrogens is 294 g/mol. The van der Waals surface area contributed by atoms with Gasteiger partial charge in [0.25, 0.3) is 5.69 Å². The van der Waals surface area contributed by atoms with Gasteiger partial charge in [-0.25, -0.2) is 0 Å². The lowest BCUT2D eigenvalue weighted by Gasteiger charge is -2.08. The Labute approximate surface area is 124 Å². The van der Waals surface area contributed by atoms with Crippen molar-refractivity contribution in [1.82, 2.24) is 4.98 Å². The van der Waals surface area contributed by atoms with Crippen LogP contribution < -0.4 is 9.47 Å². The smallest absolute Gasteiger partial charge is 0.406 e. The maximum atomic E-state index is 10.7. The number of nitro groups is 2. The van der Waals surface area contributed by atoms with E-state index in [4.69, 9.17) is 9.47 Å². The largest absolute Gasteiger partial charge is 0.490 e. The van der Waals surface area contributed by atoms with E-state index in [2.05, 4.69) is 4.98 Å². The van der Waals surface area contributed by atoms with Gasteiger partial charge in [0.1, 0.15) is 25.2 Å². The van der Waals surface area contributed by atoms with E-state index in [0.717, 1.165) is 0 Å². The van der Waals surface area contributed by atoms with Crippen LogP contribution in [0.2, 0.25) is 0 Å². The molecule has 0 atom stereocenters. The average molecular weight is 305 g/mol. The molecule has 0 radical (unpaired) electrons. The van der Waals surface area contributed by atoms with Gasteiger partial charge in [0, 0.05) is 6.07 Å². The van der Waals surface area contributed by atoms with Gasteiger partial charge in [-0.3, -0.25) is 10.1 Å². The van der Waals surface area contributed by atoms with Gasteiger partial charge in [-0.2, -0.15) is 0 Å². The number of ether oxygens (including phenoxy) is 2. The fourth-order valence-corrected chi connectivity index (χ4v) is 1.63. The van der Waals surface area contributed by atoms with Gasteiger partial charge in [0.15, 0.2) is 0 Å². The van der Waals surface area contributed by atoms with E-state index in [1.165, 1.54) is 36.5 Å². The summed E-state index contributed by atoms with van der Waals surface area (Å²) < 4.78 is 10.5. The summed E-state index contributed by atoms with van der Waals surface area (Å²) in [6, 6.07) is 8.65. The highest BCUT2D eigenvalue weighted by Gasteiger charge is 2.15. The van der Waals surface area contributed by atoms with Crippen LogP contribution in [0, 0.1) is 20.2 Å². The standard InChI is InChI=1S/C13H11N3O6/c17-15(18)10-3-1-4-11(9-10)21-7-8-22-12-5-2-6-14-13(12)16(19)20/h1-6,9H,7-8H2. The first kappa shape index (κ1) is 15.2. The van der Waals surface area contributed by atoms with E-state index in [0.29, 0.717) is 5.75 Å². The summed E-state index contributed by atoms with van der Waals surface area (Å²) in [6.07, 6.45) is 1.30. The molecule has 0 amide bonds. The number of aromatic nitrogens is 1. The Morgan fingerprint density at radius 2 is 1.77 bits per heavy atom. The molecule has 9 heteroatoms. The summed E-state index contributed by atoms with van der Waals surface area (Å²) in [4.78, 5) is 23.8. The Hall–Kier alpha value is -3.23. The molecule has 0 N–H and O–H groups in total. The number of rotatable bonds is 7. The highest BCUT2D eigenvalue weighted by molar-refractivity contribution is 5.39. The topological polar surface area (TPSA) is 118 Å². The molecule has 0 aliphatic heterocycles. The van der Waals surface area contributed by atoms with Gasteiger partial charge < -0.3 is 19.6 Å². The Morgan fingerprint density at radius 1 is 1.00 bits per heavy atom. The molecule has 114 valence electrons. The summed E-state index contributed by atoms with van der Waals surface area (Å²) in [7, 11) is 0. The SMILES string of the molecule is O=[N+]([O-])c1cccc(OCCOc2cccnc2[N+](=O)[O-])c1. The zero-order valence-corrected chi connectivity index (χ0v) is 11.2.